The molecular weight excluding hydrogens is 334 g/mol. The van der Waals surface area contributed by atoms with Crippen LogP contribution in [0.5, 0.6) is 11.5 Å². The van der Waals surface area contributed by atoms with E-state index in [2.05, 4.69) is 0 Å². The third-order valence-electron chi connectivity index (χ3n) is 3.20. The van der Waals surface area contributed by atoms with Crippen LogP contribution in [0.1, 0.15) is 12.5 Å². The van der Waals surface area contributed by atoms with Crippen LogP contribution in [0.2, 0.25) is 5.02 Å². The third kappa shape index (κ3) is 4.11. The predicted octanol–water partition coefficient (Wildman–Crippen LogP) is 4.27. The number of non-ortho nitro benzene ring substituents is 1. The minimum atomic E-state index is -0.689. The first kappa shape index (κ1) is 17.5. The van der Waals surface area contributed by atoms with Crippen molar-refractivity contribution >= 4 is 28.8 Å². The SMILES string of the molecule is COc1ccc([N+](=O)[O-])cc1OC(=O)/C=C(/C)c1ccccc1Cl. The molecule has 7 heteroatoms. The van der Waals surface area contributed by atoms with E-state index in [0.717, 1.165) is 6.07 Å². The fourth-order valence-corrected chi connectivity index (χ4v) is 2.32. The third-order valence-corrected chi connectivity index (χ3v) is 3.53. The molecule has 24 heavy (non-hydrogen) atoms. The number of esters is 1. The highest BCUT2D eigenvalue weighted by Gasteiger charge is 2.15. The van der Waals surface area contributed by atoms with Crippen LogP contribution in [0.25, 0.3) is 5.57 Å². The number of nitro benzene ring substituents is 1. The molecule has 0 bridgehead atoms. The van der Waals surface area contributed by atoms with Crippen molar-refractivity contribution in [3.63, 3.8) is 0 Å². The molecule has 0 spiro atoms. The number of rotatable bonds is 5. The molecule has 0 N–H and O–H groups in total. The van der Waals surface area contributed by atoms with Crippen molar-refractivity contribution in [2.24, 2.45) is 0 Å². The minimum Gasteiger partial charge on any atom is -0.493 e. The molecular formula is C17H14ClNO5. The van der Waals surface area contributed by atoms with Gasteiger partial charge in [0.2, 0.25) is 0 Å². The monoisotopic (exact) mass is 347 g/mol. The highest BCUT2D eigenvalue weighted by Crippen LogP contribution is 2.31. The zero-order valence-electron chi connectivity index (χ0n) is 13.0. The van der Waals surface area contributed by atoms with E-state index in [1.807, 2.05) is 0 Å². The van der Waals surface area contributed by atoms with Gasteiger partial charge in [-0.2, -0.15) is 0 Å². The predicted molar refractivity (Wildman–Crippen MR) is 90.4 cm³/mol. The van der Waals surface area contributed by atoms with Gasteiger partial charge >= 0.3 is 5.97 Å². The van der Waals surface area contributed by atoms with Gasteiger partial charge in [-0.15, -0.1) is 0 Å². The first-order valence-corrected chi connectivity index (χ1v) is 7.27. The fraction of sp³-hybridized carbons (Fsp3) is 0.118. The molecule has 6 nitrogen and oxygen atoms in total. The summed E-state index contributed by atoms with van der Waals surface area (Å²) in [6, 6.07) is 10.8. The van der Waals surface area contributed by atoms with Gasteiger partial charge in [-0.05, 0) is 30.2 Å². The summed E-state index contributed by atoms with van der Waals surface area (Å²) in [5.41, 5.74) is 1.10. The molecule has 0 aliphatic heterocycles. The van der Waals surface area contributed by atoms with Crippen LogP contribution in [0, 0.1) is 10.1 Å². The van der Waals surface area contributed by atoms with E-state index in [1.54, 1.807) is 31.2 Å². The average Bonchev–Trinajstić information content (AvgIpc) is 2.54. The molecule has 2 aromatic carbocycles. The van der Waals surface area contributed by atoms with Crippen molar-refractivity contribution in [1.82, 2.24) is 0 Å². The smallest absolute Gasteiger partial charge is 0.336 e. The molecule has 0 saturated carbocycles. The molecule has 0 unspecified atom stereocenters. The van der Waals surface area contributed by atoms with E-state index in [4.69, 9.17) is 21.1 Å². The van der Waals surface area contributed by atoms with Crippen LogP contribution in [0.15, 0.2) is 48.5 Å². The van der Waals surface area contributed by atoms with Crippen molar-refractivity contribution in [2.75, 3.05) is 7.11 Å². The van der Waals surface area contributed by atoms with E-state index in [-0.39, 0.29) is 17.2 Å². The van der Waals surface area contributed by atoms with Crippen LogP contribution in [0.4, 0.5) is 5.69 Å². The second kappa shape index (κ2) is 7.61. The van der Waals surface area contributed by atoms with Crippen molar-refractivity contribution in [3.8, 4) is 11.5 Å². The van der Waals surface area contributed by atoms with Crippen molar-refractivity contribution in [1.29, 1.82) is 0 Å². The Bertz CT molecular complexity index is 816. The van der Waals surface area contributed by atoms with Gasteiger partial charge in [-0.1, -0.05) is 29.8 Å². The molecule has 0 fully saturated rings. The lowest BCUT2D eigenvalue weighted by Crippen LogP contribution is -2.06. The maximum absolute atomic E-state index is 12.1. The lowest BCUT2D eigenvalue weighted by Gasteiger charge is -2.08. The molecule has 0 aromatic heterocycles. The molecule has 0 radical (unpaired) electrons. The van der Waals surface area contributed by atoms with E-state index < -0.39 is 10.9 Å². The molecule has 0 heterocycles. The van der Waals surface area contributed by atoms with Crippen LogP contribution >= 0.6 is 11.6 Å². The largest absolute Gasteiger partial charge is 0.493 e. The quantitative estimate of drug-likeness (QED) is 0.265. The Morgan fingerprint density at radius 1 is 1.21 bits per heavy atom. The van der Waals surface area contributed by atoms with Crippen LogP contribution in [0.3, 0.4) is 0 Å². The summed E-state index contributed by atoms with van der Waals surface area (Å²) < 4.78 is 10.2. The number of hydrogen-bond acceptors (Lipinski definition) is 5. The Hall–Kier alpha value is -2.86. The number of allylic oxidation sites excluding steroid dienone is 1. The number of methoxy groups -OCH3 is 1. The van der Waals surface area contributed by atoms with E-state index in [0.29, 0.717) is 16.2 Å². The second-order valence-corrected chi connectivity index (χ2v) is 5.23. The molecule has 0 aliphatic rings. The Kier molecular flexibility index (Phi) is 5.55. The second-order valence-electron chi connectivity index (χ2n) is 4.82. The number of carbonyl (C=O) groups is 1. The fourth-order valence-electron chi connectivity index (χ4n) is 2.03. The minimum absolute atomic E-state index is 0.0279. The number of carbonyl (C=O) groups excluding carboxylic acids is 1. The van der Waals surface area contributed by atoms with Gasteiger partial charge in [0.1, 0.15) is 0 Å². The highest BCUT2D eigenvalue weighted by molar-refractivity contribution is 6.32. The molecule has 124 valence electrons. The summed E-state index contributed by atoms with van der Waals surface area (Å²) in [4.78, 5) is 22.3. The van der Waals surface area contributed by atoms with E-state index >= 15 is 0 Å². The van der Waals surface area contributed by atoms with Crippen molar-refractivity contribution in [3.05, 3.63) is 69.2 Å². The van der Waals surface area contributed by atoms with Gasteiger partial charge in [0.05, 0.1) is 18.1 Å². The van der Waals surface area contributed by atoms with Crippen LogP contribution < -0.4 is 9.47 Å². The topological polar surface area (TPSA) is 78.7 Å². The average molecular weight is 348 g/mol. The lowest BCUT2D eigenvalue weighted by atomic mass is 10.1. The summed E-state index contributed by atoms with van der Waals surface area (Å²) in [6.45, 7) is 1.72. The van der Waals surface area contributed by atoms with Gasteiger partial charge in [0, 0.05) is 17.2 Å². The van der Waals surface area contributed by atoms with Crippen molar-refractivity contribution in [2.45, 2.75) is 6.92 Å². The van der Waals surface area contributed by atoms with Gasteiger partial charge in [-0.25, -0.2) is 4.79 Å². The maximum atomic E-state index is 12.1. The van der Waals surface area contributed by atoms with Gasteiger partial charge in [-0.3, -0.25) is 10.1 Å². The first-order valence-electron chi connectivity index (χ1n) is 6.90. The standard InChI is InChI=1S/C17H14ClNO5/c1-11(13-5-3-4-6-14(13)18)9-17(20)24-16-10-12(19(21)22)7-8-15(16)23-2/h3-10H,1-2H3/b11-9-. The normalized spacial score (nSPS) is 11.0. The van der Waals surface area contributed by atoms with E-state index in [1.165, 1.54) is 25.3 Å². The molecule has 0 amide bonds. The summed E-state index contributed by atoms with van der Waals surface area (Å²) >= 11 is 6.08. The Labute approximate surface area is 143 Å². The van der Waals surface area contributed by atoms with Crippen LogP contribution in [-0.4, -0.2) is 18.0 Å². The van der Waals surface area contributed by atoms with Gasteiger partial charge in [0.15, 0.2) is 11.5 Å². The Balaban J connectivity index is 2.26. The zero-order chi connectivity index (χ0) is 17.7. The lowest BCUT2D eigenvalue weighted by molar-refractivity contribution is -0.384. The number of hydrogen-bond donors (Lipinski definition) is 0. The number of halogens is 1. The summed E-state index contributed by atoms with van der Waals surface area (Å²) in [7, 11) is 1.38. The van der Waals surface area contributed by atoms with Gasteiger partial charge < -0.3 is 9.47 Å². The molecule has 2 rings (SSSR count). The van der Waals surface area contributed by atoms with E-state index in [9.17, 15) is 14.9 Å². The first-order chi connectivity index (χ1) is 11.4. The number of nitrogens with zero attached hydrogens (tertiary/aromatic N) is 1. The maximum Gasteiger partial charge on any atom is 0.336 e. The molecule has 0 saturated heterocycles. The summed E-state index contributed by atoms with van der Waals surface area (Å²) in [5, 5.41) is 11.3. The van der Waals surface area contributed by atoms with Crippen LogP contribution in [-0.2, 0) is 4.79 Å². The summed E-state index contributed by atoms with van der Waals surface area (Å²) in [5.74, 6) is -0.496. The summed E-state index contributed by atoms with van der Waals surface area (Å²) in [6.07, 6.45) is 1.26. The zero-order valence-corrected chi connectivity index (χ0v) is 13.7. The Morgan fingerprint density at radius 2 is 1.92 bits per heavy atom. The molecule has 0 atom stereocenters. The van der Waals surface area contributed by atoms with Crippen molar-refractivity contribution < 1.29 is 19.2 Å². The number of ether oxygens (including phenoxy) is 2. The Morgan fingerprint density at radius 3 is 2.54 bits per heavy atom. The number of nitro groups is 1. The molecule has 0 aliphatic carbocycles. The molecule has 2 aromatic rings. The van der Waals surface area contributed by atoms with Gasteiger partial charge in [0.25, 0.3) is 5.69 Å². The highest BCUT2D eigenvalue weighted by atomic mass is 35.5. The number of benzene rings is 2.